The van der Waals surface area contributed by atoms with E-state index >= 15 is 0 Å². The molecule has 1 atom stereocenters. The van der Waals surface area contributed by atoms with E-state index < -0.39 is 11.7 Å². The number of methoxy groups -OCH3 is 1. The number of hydrogen-bond donors (Lipinski definition) is 3. The standard InChI is InChI=1S/C17H24F3N5O2S/c1-11(10-27-2)22-16(28)24-23-15(26)12-5-7-25(8-6-12)14-4-3-13(9-21-14)17(18,19)20/h3-4,9,11-12H,5-8,10H2,1-2H3,(H,23,26)(H2,22,24,28)/t11-/m0/s1. The second-order valence-corrected chi connectivity index (χ2v) is 7.02. The number of hydrazine groups is 1. The van der Waals surface area contributed by atoms with Gasteiger partial charge in [0.15, 0.2) is 5.11 Å². The van der Waals surface area contributed by atoms with Gasteiger partial charge in [-0.3, -0.25) is 15.6 Å². The third-order valence-electron chi connectivity index (χ3n) is 4.36. The maximum Gasteiger partial charge on any atom is 0.417 e. The Hall–Kier alpha value is -2.14. The van der Waals surface area contributed by atoms with Gasteiger partial charge >= 0.3 is 6.18 Å². The molecule has 7 nitrogen and oxygen atoms in total. The molecule has 1 aliphatic heterocycles. The van der Waals surface area contributed by atoms with Crippen LogP contribution in [0.25, 0.3) is 0 Å². The molecule has 1 aromatic heterocycles. The fourth-order valence-electron chi connectivity index (χ4n) is 2.88. The highest BCUT2D eigenvalue weighted by Gasteiger charge is 2.31. The quantitative estimate of drug-likeness (QED) is 0.497. The van der Waals surface area contributed by atoms with E-state index in [4.69, 9.17) is 17.0 Å². The summed E-state index contributed by atoms with van der Waals surface area (Å²) in [4.78, 5) is 18.0. The minimum absolute atomic E-state index is 0.00127. The largest absolute Gasteiger partial charge is 0.417 e. The zero-order chi connectivity index (χ0) is 20.7. The topological polar surface area (TPSA) is 78.5 Å². The average molecular weight is 419 g/mol. The van der Waals surface area contributed by atoms with Gasteiger partial charge in [-0.05, 0) is 44.1 Å². The van der Waals surface area contributed by atoms with E-state index in [0.717, 1.165) is 12.3 Å². The molecule has 1 amide bonds. The van der Waals surface area contributed by atoms with E-state index in [1.807, 2.05) is 11.8 Å². The highest BCUT2D eigenvalue weighted by atomic mass is 32.1. The summed E-state index contributed by atoms with van der Waals surface area (Å²) < 4.78 is 42.8. The van der Waals surface area contributed by atoms with Crippen molar-refractivity contribution in [3.63, 3.8) is 0 Å². The van der Waals surface area contributed by atoms with Gasteiger partial charge in [0.25, 0.3) is 0 Å². The lowest BCUT2D eigenvalue weighted by molar-refractivity contribution is -0.137. The van der Waals surface area contributed by atoms with Crippen LogP contribution in [-0.4, -0.2) is 48.9 Å². The second kappa shape index (κ2) is 9.87. The highest BCUT2D eigenvalue weighted by Crippen LogP contribution is 2.30. The van der Waals surface area contributed by atoms with Gasteiger partial charge in [-0.25, -0.2) is 4.98 Å². The smallest absolute Gasteiger partial charge is 0.383 e. The van der Waals surface area contributed by atoms with Crippen LogP contribution in [0, 0.1) is 5.92 Å². The summed E-state index contributed by atoms with van der Waals surface area (Å²) >= 11 is 5.09. The van der Waals surface area contributed by atoms with Crippen molar-refractivity contribution >= 4 is 29.1 Å². The van der Waals surface area contributed by atoms with Crippen molar-refractivity contribution < 1.29 is 22.7 Å². The number of rotatable bonds is 5. The molecule has 1 fully saturated rings. The number of hydrogen-bond acceptors (Lipinski definition) is 5. The van der Waals surface area contributed by atoms with E-state index in [-0.39, 0.29) is 17.9 Å². The number of amides is 1. The van der Waals surface area contributed by atoms with Gasteiger partial charge in [0.2, 0.25) is 5.91 Å². The summed E-state index contributed by atoms with van der Waals surface area (Å²) in [6, 6.07) is 2.38. The number of anilines is 1. The molecule has 0 unspecified atom stereocenters. The summed E-state index contributed by atoms with van der Waals surface area (Å²) in [7, 11) is 1.59. The third-order valence-corrected chi connectivity index (χ3v) is 4.58. The number of nitrogens with zero attached hydrogens (tertiary/aromatic N) is 2. The Bertz CT molecular complexity index is 664. The van der Waals surface area contributed by atoms with Gasteiger partial charge in [-0.15, -0.1) is 0 Å². The van der Waals surface area contributed by atoms with E-state index in [0.29, 0.717) is 43.5 Å². The van der Waals surface area contributed by atoms with Gasteiger partial charge in [0.1, 0.15) is 5.82 Å². The van der Waals surface area contributed by atoms with Gasteiger partial charge < -0.3 is 15.0 Å². The molecule has 0 bridgehead atoms. The Labute approximate surface area is 167 Å². The Balaban J connectivity index is 1.77. The molecular formula is C17H24F3N5O2S. The number of thiocarbonyl (C=S) groups is 1. The lowest BCUT2D eigenvalue weighted by Crippen LogP contribution is -2.52. The number of carbonyl (C=O) groups excluding carboxylic acids is 1. The van der Waals surface area contributed by atoms with E-state index in [1.165, 1.54) is 6.07 Å². The van der Waals surface area contributed by atoms with Crippen molar-refractivity contribution in [1.29, 1.82) is 0 Å². The number of aromatic nitrogens is 1. The molecular weight excluding hydrogens is 395 g/mol. The second-order valence-electron chi connectivity index (χ2n) is 6.61. The van der Waals surface area contributed by atoms with Gasteiger partial charge in [0, 0.05) is 38.4 Å². The Morgan fingerprint density at radius 3 is 2.57 bits per heavy atom. The van der Waals surface area contributed by atoms with Crippen LogP contribution >= 0.6 is 12.2 Å². The van der Waals surface area contributed by atoms with Crippen LogP contribution < -0.4 is 21.1 Å². The first-order valence-corrected chi connectivity index (χ1v) is 9.25. The van der Waals surface area contributed by atoms with Crippen molar-refractivity contribution in [2.24, 2.45) is 5.92 Å². The Morgan fingerprint density at radius 2 is 2.04 bits per heavy atom. The fourth-order valence-corrected chi connectivity index (χ4v) is 3.14. The van der Waals surface area contributed by atoms with Crippen molar-refractivity contribution in [1.82, 2.24) is 21.2 Å². The van der Waals surface area contributed by atoms with Crippen LogP contribution in [0.1, 0.15) is 25.3 Å². The fraction of sp³-hybridized carbons (Fsp3) is 0.588. The zero-order valence-electron chi connectivity index (χ0n) is 15.7. The molecule has 1 saturated heterocycles. The van der Waals surface area contributed by atoms with Gasteiger partial charge in [0.05, 0.1) is 12.2 Å². The molecule has 0 aliphatic carbocycles. The molecule has 3 N–H and O–H groups in total. The van der Waals surface area contributed by atoms with Gasteiger partial charge in [-0.2, -0.15) is 13.2 Å². The highest BCUT2D eigenvalue weighted by molar-refractivity contribution is 7.80. The van der Waals surface area contributed by atoms with Crippen LogP contribution in [0.5, 0.6) is 0 Å². The molecule has 2 rings (SSSR count). The SMILES string of the molecule is COC[C@H](C)NC(=S)NNC(=O)C1CCN(c2ccc(C(F)(F)F)cn2)CC1. The predicted molar refractivity (Wildman–Crippen MR) is 103 cm³/mol. The zero-order valence-corrected chi connectivity index (χ0v) is 16.5. The number of piperidine rings is 1. The minimum atomic E-state index is -4.40. The van der Waals surface area contributed by atoms with Crippen molar-refractivity contribution in [3.8, 4) is 0 Å². The summed E-state index contributed by atoms with van der Waals surface area (Å²) in [5.74, 6) is 0.0865. The molecule has 156 valence electrons. The molecule has 2 heterocycles. The van der Waals surface area contributed by atoms with Crippen molar-refractivity contribution in [2.45, 2.75) is 32.0 Å². The number of alkyl halides is 3. The normalized spacial score (nSPS) is 16.4. The lowest BCUT2D eigenvalue weighted by Gasteiger charge is -2.32. The molecule has 0 spiro atoms. The summed E-state index contributed by atoms with van der Waals surface area (Å²) in [6.45, 7) is 3.44. The monoisotopic (exact) mass is 419 g/mol. The van der Waals surface area contributed by atoms with E-state index in [1.54, 1.807) is 7.11 Å². The number of ether oxygens (including phenoxy) is 1. The molecule has 11 heteroatoms. The molecule has 0 aromatic carbocycles. The minimum Gasteiger partial charge on any atom is -0.383 e. The Morgan fingerprint density at radius 1 is 1.36 bits per heavy atom. The van der Waals surface area contributed by atoms with Gasteiger partial charge in [-0.1, -0.05) is 0 Å². The number of halogens is 3. The van der Waals surface area contributed by atoms with Crippen molar-refractivity contribution in [2.75, 3.05) is 31.7 Å². The maximum atomic E-state index is 12.6. The average Bonchev–Trinajstić information content (AvgIpc) is 2.66. The van der Waals surface area contributed by atoms with Crippen LogP contribution in [0.4, 0.5) is 19.0 Å². The lowest BCUT2D eigenvalue weighted by atomic mass is 9.96. The third kappa shape index (κ3) is 6.48. The Kier molecular flexibility index (Phi) is 7.81. The molecule has 1 aliphatic rings. The molecule has 0 radical (unpaired) electrons. The summed E-state index contributed by atoms with van der Waals surface area (Å²) in [5, 5.41) is 3.26. The molecule has 28 heavy (non-hydrogen) atoms. The first kappa shape index (κ1) is 22.2. The van der Waals surface area contributed by atoms with E-state index in [9.17, 15) is 18.0 Å². The maximum absolute atomic E-state index is 12.6. The number of pyridine rings is 1. The van der Waals surface area contributed by atoms with Crippen LogP contribution in [-0.2, 0) is 15.7 Å². The van der Waals surface area contributed by atoms with Crippen LogP contribution in [0.15, 0.2) is 18.3 Å². The molecule has 0 saturated carbocycles. The van der Waals surface area contributed by atoms with Crippen LogP contribution in [0.3, 0.4) is 0 Å². The van der Waals surface area contributed by atoms with E-state index in [2.05, 4.69) is 21.2 Å². The number of carbonyl (C=O) groups is 1. The summed E-state index contributed by atoms with van der Waals surface area (Å²) in [6.07, 6.45) is -2.44. The number of nitrogens with one attached hydrogen (secondary N) is 3. The molecule has 1 aromatic rings. The van der Waals surface area contributed by atoms with Crippen molar-refractivity contribution in [3.05, 3.63) is 23.9 Å². The predicted octanol–water partition coefficient (Wildman–Crippen LogP) is 1.85. The first-order valence-electron chi connectivity index (χ1n) is 8.84. The first-order chi connectivity index (χ1) is 13.2. The van der Waals surface area contributed by atoms with Crippen LogP contribution in [0.2, 0.25) is 0 Å². The summed E-state index contributed by atoms with van der Waals surface area (Å²) in [5.41, 5.74) is 4.47.